The van der Waals surface area contributed by atoms with E-state index in [2.05, 4.69) is 31.0 Å². The fourth-order valence-electron chi connectivity index (χ4n) is 2.38. The molecule has 0 radical (unpaired) electrons. The van der Waals surface area contributed by atoms with Crippen LogP contribution in [0.4, 0.5) is 0 Å². The summed E-state index contributed by atoms with van der Waals surface area (Å²) in [6.07, 6.45) is 6.91. The van der Waals surface area contributed by atoms with Gasteiger partial charge in [0, 0.05) is 6.54 Å². The second kappa shape index (κ2) is 6.89. The van der Waals surface area contributed by atoms with Gasteiger partial charge >= 0.3 is 0 Å². The van der Waals surface area contributed by atoms with Crippen molar-refractivity contribution in [2.45, 2.75) is 71.5 Å². The maximum atomic E-state index is 12.1. The molecule has 0 aromatic heterocycles. The summed E-state index contributed by atoms with van der Waals surface area (Å²) >= 11 is 0. The maximum Gasteiger partial charge on any atom is 0.241 e. The Labute approximate surface area is 99.6 Å². The molecule has 1 heterocycles. The quantitative estimate of drug-likeness (QED) is 0.677. The van der Waals surface area contributed by atoms with E-state index in [1.165, 1.54) is 12.8 Å². The zero-order valence-corrected chi connectivity index (χ0v) is 11.0. The van der Waals surface area contributed by atoms with Gasteiger partial charge in [-0.2, -0.15) is 0 Å². The van der Waals surface area contributed by atoms with Crippen molar-refractivity contribution >= 4 is 5.91 Å². The topological polar surface area (TPSA) is 32.3 Å². The summed E-state index contributed by atoms with van der Waals surface area (Å²) in [4.78, 5) is 14.2. The standard InChI is InChI=1S/C13H26N2O/c1-4-7-8-10-15-12(6-3)14-11(9-5-2)13(15)16/h11-12,14H,4-10H2,1-3H3. The summed E-state index contributed by atoms with van der Waals surface area (Å²) < 4.78 is 0. The van der Waals surface area contributed by atoms with E-state index in [4.69, 9.17) is 0 Å². The Bertz CT molecular complexity index is 218. The fraction of sp³-hybridized carbons (Fsp3) is 0.923. The number of carbonyl (C=O) groups is 1. The maximum absolute atomic E-state index is 12.1. The monoisotopic (exact) mass is 226 g/mol. The third-order valence-electron chi connectivity index (χ3n) is 3.32. The molecule has 2 unspecified atom stereocenters. The van der Waals surface area contributed by atoms with E-state index in [-0.39, 0.29) is 12.2 Å². The molecule has 1 aliphatic rings. The minimum atomic E-state index is 0.0802. The van der Waals surface area contributed by atoms with Crippen LogP contribution in [0.5, 0.6) is 0 Å². The molecule has 2 atom stereocenters. The van der Waals surface area contributed by atoms with Crippen LogP contribution in [0.2, 0.25) is 0 Å². The molecule has 0 bridgehead atoms. The Morgan fingerprint density at radius 2 is 1.94 bits per heavy atom. The molecule has 1 aliphatic heterocycles. The van der Waals surface area contributed by atoms with Crippen LogP contribution < -0.4 is 5.32 Å². The third kappa shape index (κ3) is 3.21. The highest BCUT2D eigenvalue weighted by atomic mass is 16.2. The zero-order valence-electron chi connectivity index (χ0n) is 11.0. The van der Waals surface area contributed by atoms with Crippen molar-refractivity contribution < 1.29 is 4.79 Å². The van der Waals surface area contributed by atoms with E-state index in [1.807, 2.05) is 0 Å². The summed E-state index contributed by atoms with van der Waals surface area (Å²) in [6, 6.07) is 0.0802. The van der Waals surface area contributed by atoms with Crippen LogP contribution in [-0.2, 0) is 4.79 Å². The molecule has 0 saturated carbocycles. The molecule has 1 rings (SSSR count). The smallest absolute Gasteiger partial charge is 0.241 e. The predicted molar refractivity (Wildman–Crippen MR) is 67.1 cm³/mol. The van der Waals surface area contributed by atoms with E-state index >= 15 is 0 Å². The van der Waals surface area contributed by atoms with Crippen molar-refractivity contribution in [3.8, 4) is 0 Å². The van der Waals surface area contributed by atoms with E-state index in [1.54, 1.807) is 0 Å². The van der Waals surface area contributed by atoms with Crippen molar-refractivity contribution in [1.82, 2.24) is 10.2 Å². The van der Waals surface area contributed by atoms with Gasteiger partial charge in [-0.05, 0) is 19.3 Å². The van der Waals surface area contributed by atoms with Crippen LogP contribution in [-0.4, -0.2) is 29.6 Å². The zero-order chi connectivity index (χ0) is 12.0. The number of carbonyl (C=O) groups excluding carboxylic acids is 1. The van der Waals surface area contributed by atoms with Gasteiger partial charge in [0.25, 0.3) is 0 Å². The number of unbranched alkanes of at least 4 members (excludes halogenated alkanes) is 2. The lowest BCUT2D eigenvalue weighted by Crippen LogP contribution is -2.37. The number of amides is 1. The summed E-state index contributed by atoms with van der Waals surface area (Å²) in [5.74, 6) is 0.324. The van der Waals surface area contributed by atoms with Crippen LogP contribution in [0.15, 0.2) is 0 Å². The Kier molecular flexibility index (Phi) is 5.81. The van der Waals surface area contributed by atoms with Crippen LogP contribution in [0.25, 0.3) is 0 Å². The lowest BCUT2D eigenvalue weighted by atomic mass is 10.1. The minimum Gasteiger partial charge on any atom is -0.326 e. The average molecular weight is 226 g/mol. The highest BCUT2D eigenvalue weighted by Crippen LogP contribution is 2.17. The Balaban J connectivity index is 2.48. The Morgan fingerprint density at radius 3 is 2.50 bits per heavy atom. The number of nitrogens with zero attached hydrogens (tertiary/aromatic N) is 1. The van der Waals surface area contributed by atoms with Crippen molar-refractivity contribution in [2.24, 2.45) is 0 Å². The van der Waals surface area contributed by atoms with Crippen LogP contribution in [0.1, 0.15) is 59.3 Å². The first-order chi connectivity index (χ1) is 7.74. The molecule has 0 aromatic carbocycles. The van der Waals surface area contributed by atoms with Gasteiger partial charge < -0.3 is 4.90 Å². The SMILES string of the molecule is CCCCCN1C(=O)C(CCC)NC1CC. The van der Waals surface area contributed by atoms with Crippen LogP contribution in [0.3, 0.4) is 0 Å². The molecule has 1 amide bonds. The average Bonchev–Trinajstić information content (AvgIpc) is 2.58. The van der Waals surface area contributed by atoms with Gasteiger partial charge in [0.15, 0.2) is 0 Å². The minimum absolute atomic E-state index is 0.0802. The molecule has 1 saturated heterocycles. The molecule has 94 valence electrons. The molecule has 1 fully saturated rings. The van der Waals surface area contributed by atoms with E-state index < -0.39 is 0 Å². The number of hydrogen-bond acceptors (Lipinski definition) is 2. The van der Waals surface area contributed by atoms with E-state index in [0.717, 1.165) is 32.2 Å². The molecule has 16 heavy (non-hydrogen) atoms. The van der Waals surface area contributed by atoms with Gasteiger partial charge in [0.1, 0.15) is 0 Å². The van der Waals surface area contributed by atoms with Gasteiger partial charge in [-0.1, -0.05) is 40.0 Å². The van der Waals surface area contributed by atoms with Gasteiger partial charge in [-0.25, -0.2) is 0 Å². The van der Waals surface area contributed by atoms with Crippen molar-refractivity contribution in [3.05, 3.63) is 0 Å². The van der Waals surface area contributed by atoms with Gasteiger partial charge in [0.2, 0.25) is 5.91 Å². The van der Waals surface area contributed by atoms with E-state index in [0.29, 0.717) is 5.91 Å². The van der Waals surface area contributed by atoms with Gasteiger partial charge in [-0.15, -0.1) is 0 Å². The number of rotatable bonds is 7. The Morgan fingerprint density at radius 1 is 1.19 bits per heavy atom. The number of hydrogen-bond donors (Lipinski definition) is 1. The first-order valence-electron chi connectivity index (χ1n) is 6.81. The third-order valence-corrected chi connectivity index (χ3v) is 3.32. The van der Waals surface area contributed by atoms with Crippen LogP contribution >= 0.6 is 0 Å². The van der Waals surface area contributed by atoms with Crippen LogP contribution in [0, 0.1) is 0 Å². The van der Waals surface area contributed by atoms with Crippen molar-refractivity contribution in [3.63, 3.8) is 0 Å². The van der Waals surface area contributed by atoms with Crippen molar-refractivity contribution in [1.29, 1.82) is 0 Å². The number of nitrogens with one attached hydrogen (secondary N) is 1. The Hall–Kier alpha value is -0.570. The lowest BCUT2D eigenvalue weighted by molar-refractivity contribution is -0.130. The summed E-state index contributed by atoms with van der Waals surface area (Å²) in [6.45, 7) is 7.40. The molecular formula is C13H26N2O. The molecule has 0 aliphatic carbocycles. The first-order valence-corrected chi connectivity index (χ1v) is 6.81. The van der Waals surface area contributed by atoms with Crippen molar-refractivity contribution in [2.75, 3.05) is 6.54 Å². The summed E-state index contributed by atoms with van der Waals surface area (Å²) in [5, 5.41) is 3.44. The highest BCUT2D eigenvalue weighted by Gasteiger charge is 2.36. The molecule has 0 spiro atoms. The summed E-state index contributed by atoms with van der Waals surface area (Å²) in [7, 11) is 0. The molecule has 1 N–H and O–H groups in total. The van der Waals surface area contributed by atoms with E-state index in [9.17, 15) is 4.79 Å². The van der Waals surface area contributed by atoms with Gasteiger partial charge in [0.05, 0.1) is 12.2 Å². The molecular weight excluding hydrogens is 200 g/mol. The second-order valence-corrected chi connectivity index (χ2v) is 4.67. The molecule has 0 aromatic rings. The highest BCUT2D eigenvalue weighted by molar-refractivity contribution is 5.84. The lowest BCUT2D eigenvalue weighted by Gasteiger charge is -2.22. The first kappa shape index (κ1) is 13.5. The largest absolute Gasteiger partial charge is 0.326 e. The molecule has 3 heteroatoms. The summed E-state index contributed by atoms with van der Waals surface area (Å²) in [5.41, 5.74) is 0. The molecule has 3 nitrogen and oxygen atoms in total. The normalized spacial score (nSPS) is 25.4. The fourth-order valence-corrected chi connectivity index (χ4v) is 2.38. The van der Waals surface area contributed by atoms with Gasteiger partial charge in [-0.3, -0.25) is 10.1 Å². The second-order valence-electron chi connectivity index (χ2n) is 4.67. The predicted octanol–water partition coefficient (Wildman–Crippen LogP) is 2.51.